The van der Waals surface area contributed by atoms with Crippen molar-refractivity contribution in [3.63, 3.8) is 0 Å². The largest absolute Gasteiger partial charge is 0.467 e. The van der Waals surface area contributed by atoms with Crippen LogP contribution in [0.1, 0.15) is 38.3 Å². The summed E-state index contributed by atoms with van der Waals surface area (Å²) in [6, 6.07) is -0.667. The molecule has 19 heavy (non-hydrogen) atoms. The van der Waals surface area contributed by atoms with Crippen molar-refractivity contribution in [3.05, 3.63) is 18.2 Å². The first-order chi connectivity index (χ1) is 9.17. The van der Waals surface area contributed by atoms with E-state index < -0.39 is 12.0 Å². The fourth-order valence-corrected chi connectivity index (χ4v) is 1.75. The molecule has 6 heteroatoms. The average molecular weight is 267 g/mol. The molecule has 0 unspecified atom stereocenters. The third kappa shape index (κ3) is 5.54. The number of hydrogen-bond acceptors (Lipinski definition) is 4. The third-order valence-electron chi connectivity index (χ3n) is 2.81. The monoisotopic (exact) mass is 267 g/mol. The van der Waals surface area contributed by atoms with E-state index in [9.17, 15) is 9.59 Å². The van der Waals surface area contributed by atoms with E-state index in [1.54, 1.807) is 6.20 Å². The molecule has 6 nitrogen and oxygen atoms in total. The molecule has 0 saturated carbocycles. The van der Waals surface area contributed by atoms with E-state index in [2.05, 4.69) is 22.2 Å². The highest BCUT2D eigenvalue weighted by Crippen LogP contribution is 2.03. The molecule has 1 aromatic rings. The molecule has 1 atom stereocenters. The van der Waals surface area contributed by atoms with Crippen LogP contribution in [0.15, 0.2) is 12.5 Å². The Morgan fingerprint density at radius 1 is 1.47 bits per heavy atom. The van der Waals surface area contributed by atoms with Crippen LogP contribution in [-0.2, 0) is 20.7 Å². The number of methoxy groups -OCH3 is 1. The van der Waals surface area contributed by atoms with Gasteiger partial charge >= 0.3 is 5.97 Å². The molecule has 2 N–H and O–H groups in total. The Kier molecular flexibility index (Phi) is 6.63. The molecular weight excluding hydrogens is 246 g/mol. The maximum Gasteiger partial charge on any atom is 0.328 e. The molecule has 0 aliphatic rings. The molecule has 0 bridgehead atoms. The Balaban J connectivity index is 2.50. The van der Waals surface area contributed by atoms with Crippen LogP contribution >= 0.6 is 0 Å². The standard InChI is InChI=1S/C13H21N3O3/c1-3-4-5-6-12(17)16-11(13(18)19-2)7-10-8-14-9-15-10/h8-9,11H,3-7H2,1-2H3,(H,14,15)(H,16,17)/t11-/m0/s1. The molecule has 1 rings (SSSR count). The van der Waals surface area contributed by atoms with E-state index in [0.717, 1.165) is 25.0 Å². The Hall–Kier alpha value is -1.85. The minimum absolute atomic E-state index is 0.122. The second-order valence-electron chi connectivity index (χ2n) is 4.38. The Morgan fingerprint density at radius 2 is 2.26 bits per heavy atom. The second kappa shape index (κ2) is 8.29. The van der Waals surface area contributed by atoms with Gasteiger partial charge in [-0.1, -0.05) is 19.8 Å². The summed E-state index contributed by atoms with van der Waals surface area (Å²) >= 11 is 0. The third-order valence-corrected chi connectivity index (χ3v) is 2.81. The number of ether oxygens (including phenoxy) is 1. The number of nitrogens with zero attached hydrogens (tertiary/aromatic N) is 1. The van der Waals surface area contributed by atoms with Crippen molar-refractivity contribution in [2.45, 2.75) is 45.1 Å². The van der Waals surface area contributed by atoms with Crippen LogP contribution in [0, 0.1) is 0 Å². The van der Waals surface area contributed by atoms with Crippen LogP contribution in [0.2, 0.25) is 0 Å². The first-order valence-corrected chi connectivity index (χ1v) is 6.51. The van der Waals surface area contributed by atoms with Gasteiger partial charge in [0.2, 0.25) is 5.91 Å². The average Bonchev–Trinajstić information content (AvgIpc) is 2.90. The fraction of sp³-hybridized carbons (Fsp3) is 0.615. The summed E-state index contributed by atoms with van der Waals surface area (Å²) in [6.45, 7) is 2.08. The molecule has 0 aromatic carbocycles. The van der Waals surface area contributed by atoms with Gasteiger partial charge in [0.05, 0.1) is 13.4 Å². The van der Waals surface area contributed by atoms with Gasteiger partial charge in [-0.2, -0.15) is 0 Å². The minimum atomic E-state index is -0.667. The summed E-state index contributed by atoms with van der Waals surface area (Å²) in [5.41, 5.74) is 0.782. The van der Waals surface area contributed by atoms with Crippen LogP contribution in [0.25, 0.3) is 0 Å². The molecule has 1 aromatic heterocycles. The van der Waals surface area contributed by atoms with E-state index in [1.165, 1.54) is 13.4 Å². The number of rotatable bonds is 8. The molecule has 0 aliphatic heterocycles. The van der Waals surface area contributed by atoms with E-state index in [-0.39, 0.29) is 5.91 Å². The smallest absolute Gasteiger partial charge is 0.328 e. The van der Waals surface area contributed by atoms with Crippen molar-refractivity contribution in [1.29, 1.82) is 0 Å². The highest BCUT2D eigenvalue weighted by atomic mass is 16.5. The normalized spacial score (nSPS) is 11.9. The number of aromatic amines is 1. The number of H-pyrrole nitrogens is 1. The molecule has 0 fully saturated rings. The maximum atomic E-state index is 11.7. The van der Waals surface area contributed by atoms with Crippen LogP contribution in [0.4, 0.5) is 0 Å². The fourth-order valence-electron chi connectivity index (χ4n) is 1.75. The number of amides is 1. The van der Waals surface area contributed by atoms with Gasteiger partial charge in [0.15, 0.2) is 0 Å². The number of esters is 1. The SMILES string of the molecule is CCCCCC(=O)N[C@@H](Cc1cnc[nH]1)C(=O)OC. The predicted molar refractivity (Wildman–Crippen MR) is 70.4 cm³/mol. The molecule has 0 saturated heterocycles. The lowest BCUT2D eigenvalue weighted by Gasteiger charge is -2.15. The second-order valence-corrected chi connectivity index (χ2v) is 4.38. The summed E-state index contributed by atoms with van der Waals surface area (Å²) in [5, 5.41) is 2.70. The lowest BCUT2D eigenvalue weighted by atomic mass is 10.1. The van der Waals surface area contributed by atoms with Gasteiger partial charge in [0.25, 0.3) is 0 Å². The van der Waals surface area contributed by atoms with Crippen LogP contribution in [0.5, 0.6) is 0 Å². The van der Waals surface area contributed by atoms with Crippen molar-refractivity contribution in [2.24, 2.45) is 0 Å². The zero-order valence-corrected chi connectivity index (χ0v) is 11.4. The molecule has 0 aliphatic carbocycles. The summed E-state index contributed by atoms with van der Waals surface area (Å²) < 4.78 is 4.70. The molecule has 0 spiro atoms. The van der Waals surface area contributed by atoms with Gasteiger partial charge in [-0.3, -0.25) is 4.79 Å². The number of carbonyl (C=O) groups is 2. The summed E-state index contributed by atoms with van der Waals surface area (Å²) in [4.78, 5) is 30.1. The van der Waals surface area contributed by atoms with E-state index in [4.69, 9.17) is 4.74 Å². The van der Waals surface area contributed by atoms with Gasteiger partial charge in [-0.25, -0.2) is 9.78 Å². The van der Waals surface area contributed by atoms with E-state index in [1.807, 2.05) is 0 Å². The number of carbonyl (C=O) groups excluding carboxylic acids is 2. The zero-order chi connectivity index (χ0) is 14.1. The summed E-state index contributed by atoms with van der Waals surface area (Å²) in [7, 11) is 1.31. The molecule has 1 heterocycles. The minimum Gasteiger partial charge on any atom is -0.467 e. The van der Waals surface area contributed by atoms with E-state index >= 15 is 0 Å². The number of nitrogens with one attached hydrogen (secondary N) is 2. The Labute approximate surface area is 112 Å². The quantitative estimate of drug-likeness (QED) is 0.547. The Bertz CT molecular complexity index is 390. The van der Waals surface area contributed by atoms with Gasteiger partial charge < -0.3 is 15.0 Å². The van der Waals surface area contributed by atoms with Crippen molar-refractivity contribution < 1.29 is 14.3 Å². The highest BCUT2D eigenvalue weighted by molar-refractivity contribution is 5.84. The number of unbranched alkanes of at least 4 members (excludes halogenated alkanes) is 2. The van der Waals surface area contributed by atoms with Gasteiger partial charge in [-0.15, -0.1) is 0 Å². The highest BCUT2D eigenvalue weighted by Gasteiger charge is 2.22. The molecule has 1 amide bonds. The maximum absolute atomic E-state index is 11.7. The summed E-state index contributed by atoms with van der Waals surface area (Å²) in [6.07, 6.45) is 6.85. The topological polar surface area (TPSA) is 84.1 Å². The van der Waals surface area contributed by atoms with Crippen molar-refractivity contribution in [2.75, 3.05) is 7.11 Å². The van der Waals surface area contributed by atoms with Crippen LogP contribution in [0.3, 0.4) is 0 Å². The van der Waals surface area contributed by atoms with Crippen molar-refractivity contribution in [1.82, 2.24) is 15.3 Å². The van der Waals surface area contributed by atoms with Crippen molar-refractivity contribution in [3.8, 4) is 0 Å². The molecule has 0 radical (unpaired) electrons. The lowest BCUT2D eigenvalue weighted by molar-refractivity contribution is -0.145. The van der Waals surface area contributed by atoms with Gasteiger partial charge in [0.1, 0.15) is 6.04 Å². The first kappa shape index (κ1) is 15.2. The Morgan fingerprint density at radius 3 is 2.84 bits per heavy atom. The van der Waals surface area contributed by atoms with Gasteiger partial charge in [-0.05, 0) is 6.42 Å². The molecule has 106 valence electrons. The molecular formula is C13H21N3O3. The predicted octanol–water partition coefficient (Wildman–Crippen LogP) is 1.19. The summed E-state index contributed by atoms with van der Waals surface area (Å²) in [5.74, 6) is -0.568. The number of imidazole rings is 1. The van der Waals surface area contributed by atoms with Crippen LogP contribution in [-0.4, -0.2) is 35.0 Å². The zero-order valence-electron chi connectivity index (χ0n) is 11.4. The first-order valence-electron chi connectivity index (χ1n) is 6.51. The van der Waals surface area contributed by atoms with Crippen molar-refractivity contribution >= 4 is 11.9 Å². The van der Waals surface area contributed by atoms with Crippen LogP contribution < -0.4 is 5.32 Å². The lowest BCUT2D eigenvalue weighted by Crippen LogP contribution is -2.43. The number of hydrogen-bond donors (Lipinski definition) is 2. The van der Waals surface area contributed by atoms with Gasteiger partial charge in [0, 0.05) is 24.7 Å². The number of aromatic nitrogens is 2. The van der Waals surface area contributed by atoms with E-state index in [0.29, 0.717) is 12.8 Å².